The van der Waals surface area contributed by atoms with Crippen LogP contribution in [0.5, 0.6) is 0 Å². The van der Waals surface area contributed by atoms with Gasteiger partial charge in [-0.25, -0.2) is 12.8 Å². The van der Waals surface area contributed by atoms with Gasteiger partial charge in [-0.15, -0.1) is 5.10 Å². The van der Waals surface area contributed by atoms with E-state index in [2.05, 4.69) is 10.2 Å². The Morgan fingerprint density at radius 3 is 2.77 bits per heavy atom. The summed E-state index contributed by atoms with van der Waals surface area (Å²) in [4.78, 5) is 13.9. The number of sulfone groups is 1. The molecule has 7 nitrogen and oxygen atoms in total. The first-order valence-corrected chi connectivity index (χ1v) is 10.0. The molecule has 2 aromatic rings. The van der Waals surface area contributed by atoms with Crippen molar-refractivity contribution in [3.63, 3.8) is 0 Å². The highest BCUT2D eigenvalue weighted by atomic mass is 32.2. The summed E-state index contributed by atoms with van der Waals surface area (Å²) < 4.78 is 44.0. The molecular weight excluding hydrogens is 361 g/mol. The zero-order valence-electron chi connectivity index (χ0n) is 14.6. The minimum atomic E-state index is -3.98. The number of carbonyl (C=O) groups is 1. The largest absolute Gasteiger partial charge is 0.410 e. The smallest absolute Gasteiger partial charge is 0.335 e. The number of halogens is 1. The first-order valence-electron chi connectivity index (χ1n) is 8.39. The third-order valence-electron chi connectivity index (χ3n) is 4.31. The molecule has 1 aromatic carbocycles. The fourth-order valence-corrected chi connectivity index (χ4v) is 4.13. The van der Waals surface area contributed by atoms with Crippen LogP contribution >= 0.6 is 0 Å². The van der Waals surface area contributed by atoms with Crippen LogP contribution < -0.4 is 0 Å². The summed E-state index contributed by atoms with van der Waals surface area (Å²) >= 11 is 0. The molecule has 1 aromatic heterocycles. The molecule has 0 spiro atoms. The van der Waals surface area contributed by atoms with Gasteiger partial charge in [0, 0.05) is 18.0 Å². The molecule has 26 heavy (non-hydrogen) atoms. The van der Waals surface area contributed by atoms with E-state index in [0.717, 1.165) is 6.42 Å². The van der Waals surface area contributed by atoms with Crippen molar-refractivity contribution in [3.05, 3.63) is 41.5 Å². The number of likely N-dealkylation sites (tertiary alicyclic amines) is 1. The lowest BCUT2D eigenvalue weighted by Crippen LogP contribution is -2.33. The van der Waals surface area contributed by atoms with Gasteiger partial charge in [-0.1, -0.05) is 37.1 Å². The van der Waals surface area contributed by atoms with Crippen LogP contribution in [0.1, 0.15) is 44.2 Å². The molecule has 1 fully saturated rings. The number of carbonyl (C=O) groups excluding carboxylic acids is 1. The van der Waals surface area contributed by atoms with Crippen molar-refractivity contribution in [2.75, 3.05) is 6.54 Å². The molecule has 0 saturated carbocycles. The Labute approximate surface area is 151 Å². The summed E-state index contributed by atoms with van der Waals surface area (Å²) in [6.45, 7) is 4.17. The molecule has 0 unspecified atom stereocenters. The Balaban J connectivity index is 1.83. The van der Waals surface area contributed by atoms with Crippen molar-refractivity contribution < 1.29 is 22.0 Å². The van der Waals surface area contributed by atoms with E-state index in [1.165, 1.54) is 18.2 Å². The van der Waals surface area contributed by atoms with Crippen LogP contribution in [0.25, 0.3) is 0 Å². The maximum absolute atomic E-state index is 13.7. The van der Waals surface area contributed by atoms with Crippen LogP contribution in [-0.2, 0) is 20.4 Å². The first-order chi connectivity index (χ1) is 12.3. The van der Waals surface area contributed by atoms with Crippen molar-refractivity contribution >= 4 is 15.7 Å². The summed E-state index contributed by atoms with van der Waals surface area (Å²) in [6, 6.07) is 5.20. The summed E-state index contributed by atoms with van der Waals surface area (Å²) in [6.07, 6.45) is 1.41. The van der Waals surface area contributed by atoms with E-state index >= 15 is 0 Å². The zero-order valence-corrected chi connectivity index (χ0v) is 15.4. The van der Waals surface area contributed by atoms with Crippen LogP contribution in [0.3, 0.4) is 0 Å². The molecule has 9 heteroatoms. The molecule has 1 aliphatic heterocycles. The van der Waals surface area contributed by atoms with E-state index in [9.17, 15) is 17.6 Å². The summed E-state index contributed by atoms with van der Waals surface area (Å²) in [5.41, 5.74) is 0.0322. The van der Waals surface area contributed by atoms with Gasteiger partial charge < -0.3 is 9.32 Å². The Kier molecular flexibility index (Phi) is 5.08. The molecule has 1 aliphatic rings. The third-order valence-corrected chi connectivity index (χ3v) is 5.69. The number of aromatic nitrogens is 2. The second-order valence-corrected chi connectivity index (χ2v) is 8.47. The fourth-order valence-electron chi connectivity index (χ4n) is 2.98. The van der Waals surface area contributed by atoms with Crippen LogP contribution in [-0.4, -0.2) is 36.0 Å². The highest BCUT2D eigenvalue weighted by molar-refractivity contribution is 7.90. The molecule has 3 rings (SSSR count). The Hall–Kier alpha value is -2.29. The second-order valence-electron chi connectivity index (χ2n) is 6.60. The van der Waals surface area contributed by atoms with Crippen LogP contribution in [0.15, 0.2) is 33.9 Å². The van der Waals surface area contributed by atoms with E-state index in [0.29, 0.717) is 13.0 Å². The van der Waals surface area contributed by atoms with Gasteiger partial charge in [0.2, 0.25) is 21.6 Å². The van der Waals surface area contributed by atoms with Crippen molar-refractivity contribution in [1.82, 2.24) is 15.1 Å². The predicted octanol–water partition coefficient (Wildman–Crippen LogP) is 2.50. The van der Waals surface area contributed by atoms with Gasteiger partial charge in [-0.05, 0) is 18.9 Å². The Morgan fingerprint density at radius 2 is 2.08 bits per heavy atom. The fraction of sp³-hybridized carbons (Fsp3) is 0.471. The lowest BCUT2D eigenvalue weighted by atomic mass is 10.1. The van der Waals surface area contributed by atoms with Gasteiger partial charge >= 0.3 is 5.22 Å². The van der Waals surface area contributed by atoms with Crippen molar-refractivity contribution in [2.45, 2.75) is 43.7 Å². The monoisotopic (exact) mass is 381 g/mol. The highest BCUT2D eigenvalue weighted by Crippen LogP contribution is 2.33. The quantitative estimate of drug-likeness (QED) is 0.790. The number of amides is 1. The molecule has 0 radical (unpaired) electrons. The van der Waals surface area contributed by atoms with Crippen molar-refractivity contribution in [1.29, 1.82) is 0 Å². The Morgan fingerprint density at radius 1 is 1.35 bits per heavy atom. The number of benzene rings is 1. The van der Waals surface area contributed by atoms with Gasteiger partial charge in [0.25, 0.3) is 0 Å². The van der Waals surface area contributed by atoms with Crippen molar-refractivity contribution in [3.8, 4) is 0 Å². The molecule has 1 atom stereocenters. The van der Waals surface area contributed by atoms with Crippen LogP contribution in [0.2, 0.25) is 0 Å². The van der Waals surface area contributed by atoms with Gasteiger partial charge in [-0.3, -0.25) is 4.79 Å². The third kappa shape index (κ3) is 3.62. The maximum atomic E-state index is 13.7. The number of nitrogens with zero attached hydrogens (tertiary/aromatic N) is 3. The predicted molar refractivity (Wildman–Crippen MR) is 90.1 cm³/mol. The normalized spacial score (nSPS) is 17.8. The summed E-state index contributed by atoms with van der Waals surface area (Å²) in [5, 5.41) is 6.91. The van der Waals surface area contributed by atoms with Crippen LogP contribution in [0.4, 0.5) is 4.39 Å². The standard InChI is InChI=1S/C17H20FN3O4S/c1-11(2)16(22)21-9-5-8-14(21)15-19-20-17(25-15)26(23,24)10-12-6-3-4-7-13(12)18/h3-4,6-7,11,14H,5,8-10H2,1-2H3/t14-/m0/s1. The first kappa shape index (κ1) is 18.5. The molecule has 0 aliphatic carbocycles. The van der Waals surface area contributed by atoms with E-state index in [4.69, 9.17) is 4.42 Å². The minimum Gasteiger partial charge on any atom is -0.410 e. The highest BCUT2D eigenvalue weighted by Gasteiger charge is 2.36. The number of hydrogen-bond donors (Lipinski definition) is 0. The van der Waals surface area contributed by atoms with Gasteiger partial charge in [0.15, 0.2) is 0 Å². The maximum Gasteiger partial charge on any atom is 0.335 e. The topological polar surface area (TPSA) is 93.4 Å². The second kappa shape index (κ2) is 7.14. The molecule has 1 amide bonds. The minimum absolute atomic E-state index is 0.0322. The van der Waals surface area contributed by atoms with Gasteiger partial charge in [-0.2, -0.15) is 0 Å². The molecule has 1 saturated heterocycles. The average Bonchev–Trinajstić information content (AvgIpc) is 3.25. The molecule has 0 N–H and O–H groups in total. The molecule has 2 heterocycles. The van der Waals surface area contributed by atoms with E-state index < -0.39 is 32.7 Å². The molecular formula is C17H20FN3O4S. The zero-order chi connectivity index (χ0) is 18.9. The number of rotatable bonds is 5. The van der Waals surface area contributed by atoms with Crippen LogP contribution in [0, 0.1) is 11.7 Å². The summed E-state index contributed by atoms with van der Waals surface area (Å²) in [7, 11) is -3.98. The van der Waals surface area contributed by atoms with E-state index in [-0.39, 0.29) is 23.3 Å². The average molecular weight is 381 g/mol. The molecule has 0 bridgehead atoms. The Bertz CT molecular complexity index is 910. The van der Waals surface area contributed by atoms with Crippen molar-refractivity contribution in [2.24, 2.45) is 5.92 Å². The van der Waals surface area contributed by atoms with Gasteiger partial charge in [0.1, 0.15) is 11.9 Å². The van der Waals surface area contributed by atoms with E-state index in [1.54, 1.807) is 24.8 Å². The molecule has 140 valence electrons. The lowest BCUT2D eigenvalue weighted by molar-refractivity contribution is -0.135. The number of hydrogen-bond acceptors (Lipinski definition) is 6. The summed E-state index contributed by atoms with van der Waals surface area (Å²) in [5.74, 6) is -1.30. The van der Waals surface area contributed by atoms with E-state index in [1.807, 2.05) is 0 Å². The lowest BCUT2D eigenvalue weighted by Gasteiger charge is -2.23. The van der Waals surface area contributed by atoms with Gasteiger partial charge in [0.05, 0.1) is 5.75 Å². The SMILES string of the molecule is CC(C)C(=O)N1CCC[C@H]1c1nnc(S(=O)(=O)Cc2ccccc2F)o1.